The highest BCUT2D eigenvalue weighted by Crippen LogP contribution is 2.35. The van der Waals surface area contributed by atoms with Crippen LogP contribution in [0, 0.1) is 0 Å². The van der Waals surface area contributed by atoms with Crippen LogP contribution in [0.5, 0.6) is 11.6 Å². The lowest BCUT2D eigenvalue weighted by molar-refractivity contribution is -0.139. The van der Waals surface area contributed by atoms with Gasteiger partial charge in [-0.05, 0) is 25.5 Å². The van der Waals surface area contributed by atoms with Gasteiger partial charge in [0.25, 0.3) is 0 Å². The molecule has 1 N–H and O–H groups in total. The number of halogens is 3. The summed E-state index contributed by atoms with van der Waals surface area (Å²) in [5, 5.41) is 2.88. The summed E-state index contributed by atoms with van der Waals surface area (Å²) in [5.74, 6) is 0.208. The van der Waals surface area contributed by atoms with E-state index >= 15 is 0 Å². The molecular formula is C19H24F3N3O2. The number of unbranched alkanes of at least 4 members (excludes halogenated alkanes) is 3. The summed E-state index contributed by atoms with van der Waals surface area (Å²) in [4.78, 5) is 7.69. The maximum absolute atomic E-state index is 13.2. The minimum Gasteiger partial charge on any atom is -0.494 e. The number of ether oxygens (including phenoxy) is 2. The predicted octanol–water partition coefficient (Wildman–Crippen LogP) is 5.60. The van der Waals surface area contributed by atoms with Crippen molar-refractivity contribution in [3.05, 3.63) is 36.0 Å². The van der Waals surface area contributed by atoms with Gasteiger partial charge in [-0.3, -0.25) is 0 Å². The Morgan fingerprint density at radius 3 is 2.59 bits per heavy atom. The van der Waals surface area contributed by atoms with Crippen molar-refractivity contribution in [1.29, 1.82) is 0 Å². The van der Waals surface area contributed by atoms with E-state index in [0.717, 1.165) is 25.5 Å². The van der Waals surface area contributed by atoms with Crippen LogP contribution < -0.4 is 14.8 Å². The van der Waals surface area contributed by atoms with Gasteiger partial charge in [-0.2, -0.15) is 18.2 Å². The van der Waals surface area contributed by atoms with Crippen LogP contribution in [-0.2, 0) is 6.18 Å². The zero-order chi connectivity index (χ0) is 19.7. The van der Waals surface area contributed by atoms with Gasteiger partial charge >= 0.3 is 6.18 Å². The van der Waals surface area contributed by atoms with Gasteiger partial charge in [0.15, 0.2) is 0 Å². The van der Waals surface area contributed by atoms with Crippen LogP contribution in [0.15, 0.2) is 30.5 Å². The molecule has 0 radical (unpaired) electrons. The smallest absolute Gasteiger partial charge is 0.423 e. The molecule has 1 heterocycles. The Kier molecular flexibility index (Phi) is 7.69. The number of alkyl halides is 3. The monoisotopic (exact) mass is 383 g/mol. The average molecular weight is 383 g/mol. The van der Waals surface area contributed by atoms with Crippen molar-refractivity contribution >= 4 is 11.6 Å². The summed E-state index contributed by atoms with van der Waals surface area (Å²) in [6.07, 6.45) is -0.208. The van der Waals surface area contributed by atoms with E-state index in [9.17, 15) is 13.2 Å². The Morgan fingerprint density at radius 1 is 1.07 bits per heavy atom. The molecule has 0 spiro atoms. The third-order valence-electron chi connectivity index (χ3n) is 3.70. The summed E-state index contributed by atoms with van der Waals surface area (Å²) in [5.41, 5.74) is -0.374. The Bertz CT molecular complexity index is 724. The molecule has 0 aliphatic rings. The number of anilines is 2. The number of hydrogen-bond acceptors (Lipinski definition) is 5. The Morgan fingerprint density at radius 2 is 1.89 bits per heavy atom. The van der Waals surface area contributed by atoms with E-state index < -0.39 is 17.6 Å². The van der Waals surface area contributed by atoms with Crippen LogP contribution in [0.1, 0.15) is 45.1 Å². The summed E-state index contributed by atoms with van der Waals surface area (Å²) in [6.45, 7) is 4.62. The number of nitrogens with zero attached hydrogens (tertiary/aromatic N) is 2. The molecule has 0 amide bonds. The fraction of sp³-hybridized carbons (Fsp3) is 0.474. The van der Waals surface area contributed by atoms with Gasteiger partial charge in [0.2, 0.25) is 11.8 Å². The fourth-order valence-corrected chi connectivity index (χ4v) is 2.39. The summed E-state index contributed by atoms with van der Waals surface area (Å²) >= 11 is 0. The summed E-state index contributed by atoms with van der Waals surface area (Å²) in [6, 6.07) is 7.01. The molecule has 27 heavy (non-hydrogen) atoms. The first kappa shape index (κ1) is 20.8. The van der Waals surface area contributed by atoms with Crippen molar-refractivity contribution in [2.75, 3.05) is 18.5 Å². The number of benzene rings is 1. The third-order valence-corrected chi connectivity index (χ3v) is 3.70. The second-order valence-corrected chi connectivity index (χ2v) is 5.91. The van der Waals surface area contributed by atoms with E-state index in [1.807, 2.05) is 6.92 Å². The topological polar surface area (TPSA) is 56.3 Å². The molecule has 1 aromatic heterocycles. The first-order valence-corrected chi connectivity index (χ1v) is 9.01. The maximum atomic E-state index is 13.2. The molecule has 8 heteroatoms. The number of aromatic nitrogens is 2. The number of hydrogen-bond donors (Lipinski definition) is 1. The summed E-state index contributed by atoms with van der Waals surface area (Å²) in [7, 11) is 0. The first-order valence-electron chi connectivity index (χ1n) is 9.01. The molecule has 0 saturated carbocycles. The minimum atomic E-state index is -4.58. The van der Waals surface area contributed by atoms with Crippen LogP contribution in [0.2, 0.25) is 0 Å². The van der Waals surface area contributed by atoms with E-state index in [1.165, 1.54) is 0 Å². The first-order chi connectivity index (χ1) is 12.9. The van der Waals surface area contributed by atoms with Gasteiger partial charge in [-0.1, -0.05) is 32.3 Å². The van der Waals surface area contributed by atoms with Crippen molar-refractivity contribution in [2.24, 2.45) is 0 Å². The predicted molar refractivity (Wildman–Crippen MR) is 97.6 cm³/mol. The minimum absolute atomic E-state index is 0.0280. The molecule has 2 aromatic rings. The van der Waals surface area contributed by atoms with Crippen molar-refractivity contribution in [1.82, 2.24) is 9.97 Å². The zero-order valence-electron chi connectivity index (χ0n) is 15.5. The molecule has 0 aliphatic carbocycles. The molecule has 2 rings (SSSR count). The average Bonchev–Trinajstić information content (AvgIpc) is 2.61. The van der Waals surface area contributed by atoms with E-state index in [1.54, 1.807) is 24.3 Å². The lowest BCUT2D eigenvalue weighted by Crippen LogP contribution is -2.13. The molecule has 5 nitrogen and oxygen atoms in total. The van der Waals surface area contributed by atoms with Crippen LogP contribution in [-0.4, -0.2) is 23.2 Å². The fourth-order valence-electron chi connectivity index (χ4n) is 2.39. The molecule has 0 aliphatic heterocycles. The van der Waals surface area contributed by atoms with E-state index in [0.29, 0.717) is 24.5 Å². The van der Waals surface area contributed by atoms with E-state index in [4.69, 9.17) is 9.47 Å². The lowest BCUT2D eigenvalue weighted by atomic mass is 10.2. The number of nitrogens with one attached hydrogen (secondary N) is 1. The quantitative estimate of drug-likeness (QED) is 0.542. The highest BCUT2D eigenvalue weighted by Gasteiger charge is 2.36. The summed E-state index contributed by atoms with van der Waals surface area (Å²) < 4.78 is 50.3. The van der Waals surface area contributed by atoms with Crippen molar-refractivity contribution in [3.8, 4) is 11.6 Å². The van der Waals surface area contributed by atoms with Gasteiger partial charge in [-0.25, -0.2) is 4.98 Å². The third kappa shape index (κ3) is 6.62. The van der Waals surface area contributed by atoms with Crippen LogP contribution in [0.4, 0.5) is 24.8 Å². The Labute approximate surface area is 156 Å². The molecule has 0 atom stereocenters. The lowest BCUT2D eigenvalue weighted by Gasteiger charge is -2.14. The van der Waals surface area contributed by atoms with E-state index in [-0.39, 0.29) is 12.6 Å². The van der Waals surface area contributed by atoms with Gasteiger partial charge in [0, 0.05) is 18.0 Å². The normalized spacial score (nSPS) is 11.3. The van der Waals surface area contributed by atoms with Crippen LogP contribution in [0.25, 0.3) is 0 Å². The highest BCUT2D eigenvalue weighted by atomic mass is 19.4. The zero-order valence-corrected chi connectivity index (χ0v) is 15.5. The van der Waals surface area contributed by atoms with Crippen molar-refractivity contribution in [3.63, 3.8) is 0 Å². The molecule has 0 unspecified atom stereocenters. The van der Waals surface area contributed by atoms with Gasteiger partial charge in [0.05, 0.1) is 13.2 Å². The second-order valence-electron chi connectivity index (χ2n) is 5.91. The Balaban J connectivity index is 2.15. The van der Waals surface area contributed by atoms with Crippen LogP contribution >= 0.6 is 0 Å². The second kappa shape index (κ2) is 9.99. The molecule has 148 valence electrons. The van der Waals surface area contributed by atoms with Crippen molar-refractivity contribution < 1.29 is 22.6 Å². The molecule has 0 bridgehead atoms. The number of rotatable bonds is 10. The van der Waals surface area contributed by atoms with Crippen molar-refractivity contribution in [2.45, 2.75) is 45.7 Å². The maximum Gasteiger partial charge on any atom is 0.423 e. The highest BCUT2D eigenvalue weighted by molar-refractivity contribution is 5.56. The SMILES string of the molecule is CCCCCCOc1nc(Nc2cccc(OCC)c2)ncc1C(F)(F)F. The Hall–Kier alpha value is -2.51. The molecule has 1 aromatic carbocycles. The molecule has 0 saturated heterocycles. The van der Waals surface area contributed by atoms with Gasteiger partial charge < -0.3 is 14.8 Å². The molecular weight excluding hydrogens is 359 g/mol. The van der Waals surface area contributed by atoms with Gasteiger partial charge in [0.1, 0.15) is 11.3 Å². The van der Waals surface area contributed by atoms with E-state index in [2.05, 4.69) is 22.2 Å². The van der Waals surface area contributed by atoms with Crippen LogP contribution in [0.3, 0.4) is 0 Å². The van der Waals surface area contributed by atoms with Gasteiger partial charge in [-0.15, -0.1) is 0 Å². The largest absolute Gasteiger partial charge is 0.494 e. The molecule has 0 fully saturated rings. The standard InChI is InChI=1S/C19H24F3N3O2/c1-3-5-6-7-11-27-17-16(19(20,21)22)13-23-18(25-17)24-14-9-8-10-15(12-14)26-4-2/h8-10,12-13H,3-7,11H2,1-2H3,(H,23,24,25).